The van der Waals surface area contributed by atoms with E-state index in [1.807, 2.05) is 0 Å². The second kappa shape index (κ2) is 5.72. The standard InChI is InChI=1S/C13H18N4O4/c18-12(19)11-5-9-10(15-7-14-9)6-17(11)13(20)16-8-1-3-21-4-2-8/h7-8,11H,1-6H2,(H,14,15)(H,16,20)(H,18,19). The highest BCUT2D eigenvalue weighted by Gasteiger charge is 2.36. The van der Waals surface area contributed by atoms with E-state index in [9.17, 15) is 14.7 Å². The summed E-state index contributed by atoms with van der Waals surface area (Å²) in [7, 11) is 0. The molecule has 0 saturated carbocycles. The van der Waals surface area contributed by atoms with Crippen LogP contribution in [0.3, 0.4) is 0 Å². The summed E-state index contributed by atoms with van der Waals surface area (Å²) in [5, 5.41) is 12.3. The zero-order chi connectivity index (χ0) is 14.8. The molecule has 3 N–H and O–H groups in total. The number of aromatic amines is 1. The second-order valence-corrected chi connectivity index (χ2v) is 5.35. The Hall–Kier alpha value is -2.09. The highest BCUT2D eigenvalue weighted by atomic mass is 16.5. The molecule has 8 nitrogen and oxygen atoms in total. The van der Waals surface area contributed by atoms with Crippen molar-refractivity contribution >= 4 is 12.0 Å². The van der Waals surface area contributed by atoms with E-state index < -0.39 is 12.0 Å². The van der Waals surface area contributed by atoms with Crippen molar-refractivity contribution < 1.29 is 19.4 Å². The van der Waals surface area contributed by atoms with Crippen LogP contribution in [0.25, 0.3) is 0 Å². The van der Waals surface area contributed by atoms with Crippen molar-refractivity contribution in [1.29, 1.82) is 0 Å². The number of urea groups is 1. The number of H-pyrrole nitrogens is 1. The number of rotatable bonds is 2. The lowest BCUT2D eigenvalue weighted by molar-refractivity contribution is -0.142. The van der Waals surface area contributed by atoms with Crippen molar-refractivity contribution in [3.63, 3.8) is 0 Å². The average molecular weight is 294 g/mol. The summed E-state index contributed by atoms with van der Waals surface area (Å²) >= 11 is 0. The third kappa shape index (κ3) is 2.85. The monoisotopic (exact) mass is 294 g/mol. The van der Waals surface area contributed by atoms with Crippen LogP contribution < -0.4 is 5.32 Å². The third-order valence-corrected chi connectivity index (χ3v) is 3.99. The minimum Gasteiger partial charge on any atom is -0.480 e. The molecule has 0 aromatic carbocycles. The average Bonchev–Trinajstić information content (AvgIpc) is 2.94. The van der Waals surface area contributed by atoms with E-state index in [1.165, 1.54) is 11.2 Å². The van der Waals surface area contributed by atoms with Crippen LogP contribution in [-0.4, -0.2) is 57.3 Å². The van der Waals surface area contributed by atoms with Gasteiger partial charge in [-0.05, 0) is 12.8 Å². The predicted molar refractivity (Wildman–Crippen MR) is 71.6 cm³/mol. The van der Waals surface area contributed by atoms with Crippen LogP contribution in [0.2, 0.25) is 0 Å². The molecular weight excluding hydrogens is 276 g/mol. The number of amides is 2. The molecule has 114 valence electrons. The van der Waals surface area contributed by atoms with Gasteiger partial charge in [0, 0.05) is 25.7 Å². The number of ether oxygens (including phenoxy) is 1. The summed E-state index contributed by atoms with van der Waals surface area (Å²) in [5.74, 6) is -1.01. The quantitative estimate of drug-likeness (QED) is 0.717. The van der Waals surface area contributed by atoms with Gasteiger partial charge >= 0.3 is 12.0 Å². The fraction of sp³-hybridized carbons (Fsp3) is 0.615. The number of carbonyl (C=O) groups excluding carboxylic acids is 1. The number of aromatic nitrogens is 2. The summed E-state index contributed by atoms with van der Waals surface area (Å²) in [4.78, 5) is 32.2. The minimum atomic E-state index is -1.01. The van der Waals surface area contributed by atoms with E-state index in [-0.39, 0.29) is 25.0 Å². The van der Waals surface area contributed by atoms with E-state index in [0.29, 0.717) is 13.2 Å². The maximum Gasteiger partial charge on any atom is 0.326 e. The Morgan fingerprint density at radius 3 is 2.90 bits per heavy atom. The molecule has 1 unspecified atom stereocenters. The first-order chi connectivity index (χ1) is 10.1. The number of nitrogens with one attached hydrogen (secondary N) is 2. The Morgan fingerprint density at radius 2 is 2.19 bits per heavy atom. The summed E-state index contributed by atoms with van der Waals surface area (Å²) in [5.41, 5.74) is 1.52. The molecule has 8 heteroatoms. The minimum absolute atomic E-state index is 0.0452. The topological polar surface area (TPSA) is 108 Å². The van der Waals surface area contributed by atoms with Crippen molar-refractivity contribution in [2.24, 2.45) is 0 Å². The summed E-state index contributed by atoms with van der Waals surface area (Å²) in [6, 6.07) is -1.17. The maximum atomic E-state index is 12.4. The summed E-state index contributed by atoms with van der Waals surface area (Å²) < 4.78 is 5.25. The van der Waals surface area contributed by atoms with Gasteiger partial charge in [-0.2, -0.15) is 0 Å². The molecule has 1 fully saturated rings. The number of carboxylic acid groups (broad SMARTS) is 1. The Morgan fingerprint density at radius 1 is 1.43 bits per heavy atom. The van der Waals surface area contributed by atoms with Crippen molar-refractivity contribution in [1.82, 2.24) is 20.2 Å². The van der Waals surface area contributed by atoms with Crippen molar-refractivity contribution in [3.8, 4) is 0 Å². The van der Waals surface area contributed by atoms with Gasteiger partial charge in [-0.1, -0.05) is 0 Å². The number of imidazole rings is 1. The van der Waals surface area contributed by atoms with Crippen LogP contribution >= 0.6 is 0 Å². The van der Waals surface area contributed by atoms with Crippen LogP contribution in [-0.2, 0) is 22.5 Å². The van der Waals surface area contributed by atoms with Crippen LogP contribution in [0, 0.1) is 0 Å². The number of nitrogens with zero attached hydrogens (tertiary/aromatic N) is 2. The molecule has 2 amide bonds. The van der Waals surface area contributed by atoms with Gasteiger partial charge < -0.3 is 25.0 Å². The molecule has 0 radical (unpaired) electrons. The number of hydrogen-bond donors (Lipinski definition) is 3. The predicted octanol–water partition coefficient (Wildman–Crippen LogP) is 0.110. The summed E-state index contributed by atoms with van der Waals surface area (Å²) in [6.45, 7) is 1.48. The largest absolute Gasteiger partial charge is 0.480 e. The lowest BCUT2D eigenvalue weighted by atomic mass is 10.0. The smallest absolute Gasteiger partial charge is 0.326 e. The molecule has 2 aliphatic heterocycles. The molecule has 0 aliphatic carbocycles. The van der Waals surface area contributed by atoms with Gasteiger partial charge in [-0.15, -0.1) is 0 Å². The molecule has 1 aromatic rings. The van der Waals surface area contributed by atoms with Gasteiger partial charge in [-0.3, -0.25) is 0 Å². The lowest BCUT2D eigenvalue weighted by Gasteiger charge is -2.34. The normalized spacial score (nSPS) is 22.7. The molecule has 1 atom stereocenters. The molecule has 21 heavy (non-hydrogen) atoms. The summed E-state index contributed by atoms with van der Waals surface area (Å²) in [6.07, 6.45) is 3.28. The van der Waals surface area contributed by atoms with E-state index in [1.54, 1.807) is 0 Å². The van der Waals surface area contributed by atoms with E-state index >= 15 is 0 Å². The van der Waals surface area contributed by atoms with Gasteiger partial charge in [-0.25, -0.2) is 14.6 Å². The van der Waals surface area contributed by atoms with E-state index in [4.69, 9.17) is 4.74 Å². The molecule has 0 spiro atoms. The fourth-order valence-corrected chi connectivity index (χ4v) is 2.77. The van der Waals surface area contributed by atoms with Crippen LogP contribution in [0.15, 0.2) is 6.33 Å². The van der Waals surface area contributed by atoms with Crippen molar-refractivity contribution in [3.05, 3.63) is 17.7 Å². The first-order valence-corrected chi connectivity index (χ1v) is 7.04. The van der Waals surface area contributed by atoms with E-state index in [0.717, 1.165) is 24.2 Å². The second-order valence-electron chi connectivity index (χ2n) is 5.35. The molecular formula is C13H18N4O4. The third-order valence-electron chi connectivity index (χ3n) is 3.99. The molecule has 3 heterocycles. The number of fused-ring (bicyclic) bond motifs is 1. The van der Waals surface area contributed by atoms with Crippen molar-refractivity contribution in [2.45, 2.75) is 37.9 Å². The van der Waals surface area contributed by atoms with Gasteiger partial charge in [0.05, 0.1) is 24.3 Å². The molecule has 1 saturated heterocycles. The first kappa shape index (κ1) is 13.9. The lowest BCUT2D eigenvalue weighted by Crippen LogP contribution is -2.54. The number of aliphatic carboxylic acids is 1. The zero-order valence-electron chi connectivity index (χ0n) is 11.5. The maximum absolute atomic E-state index is 12.4. The molecule has 3 rings (SSSR count). The highest BCUT2D eigenvalue weighted by molar-refractivity contribution is 5.83. The Labute approximate surface area is 121 Å². The molecule has 0 bridgehead atoms. The van der Waals surface area contributed by atoms with Crippen LogP contribution in [0.4, 0.5) is 4.79 Å². The highest BCUT2D eigenvalue weighted by Crippen LogP contribution is 2.21. The van der Waals surface area contributed by atoms with E-state index in [2.05, 4.69) is 15.3 Å². The van der Waals surface area contributed by atoms with Crippen LogP contribution in [0.1, 0.15) is 24.2 Å². The number of carbonyl (C=O) groups is 2. The Bertz CT molecular complexity index is 538. The SMILES string of the molecule is O=C(O)C1Cc2nc[nH]c2CN1C(=O)NC1CCOCC1. The van der Waals surface area contributed by atoms with Crippen molar-refractivity contribution in [2.75, 3.05) is 13.2 Å². The van der Waals surface area contributed by atoms with Crippen LogP contribution in [0.5, 0.6) is 0 Å². The van der Waals surface area contributed by atoms with Gasteiger partial charge in [0.1, 0.15) is 6.04 Å². The molecule has 2 aliphatic rings. The van der Waals surface area contributed by atoms with Gasteiger partial charge in [0.2, 0.25) is 0 Å². The Balaban J connectivity index is 1.72. The number of carboxylic acids is 1. The molecule has 1 aromatic heterocycles. The van der Waals surface area contributed by atoms with Gasteiger partial charge in [0.15, 0.2) is 0 Å². The zero-order valence-corrected chi connectivity index (χ0v) is 11.5. The Kier molecular flexibility index (Phi) is 3.78. The van der Waals surface area contributed by atoms with Gasteiger partial charge in [0.25, 0.3) is 0 Å². The fourth-order valence-electron chi connectivity index (χ4n) is 2.77. The number of hydrogen-bond acceptors (Lipinski definition) is 4. The first-order valence-electron chi connectivity index (χ1n) is 7.04.